The zero-order valence-corrected chi connectivity index (χ0v) is 16.6. The average molecular weight is 410 g/mol. The molecule has 0 aliphatic heterocycles. The number of nitrogens with zero attached hydrogens (tertiary/aromatic N) is 1. The van der Waals surface area contributed by atoms with Crippen LogP contribution in [0.1, 0.15) is 20.4 Å². The summed E-state index contributed by atoms with van der Waals surface area (Å²) in [6.45, 7) is 9.18. The number of halogens is 1. The van der Waals surface area contributed by atoms with E-state index in [1.165, 1.54) is 23.3 Å². The molecule has 0 saturated carbocycles. The van der Waals surface area contributed by atoms with Crippen LogP contribution in [0.3, 0.4) is 0 Å². The number of allylic oxidation sites excluding steroid dienone is 4. The summed E-state index contributed by atoms with van der Waals surface area (Å²) in [7, 11) is 0. The highest BCUT2D eigenvalue weighted by atomic mass is 35.5. The van der Waals surface area contributed by atoms with Crippen molar-refractivity contribution in [3.05, 3.63) is 70.2 Å². The number of aromatic nitrogens is 1. The van der Waals surface area contributed by atoms with Crippen LogP contribution < -0.4 is 9.86 Å². The lowest BCUT2D eigenvalue weighted by Crippen LogP contribution is -2.15. The Bertz CT molecular complexity index is 845. The minimum Gasteiger partial charge on any atom is -0.291 e. The van der Waals surface area contributed by atoms with Crippen LogP contribution in [0, 0.1) is 6.92 Å². The van der Waals surface area contributed by atoms with Crippen molar-refractivity contribution < 1.29 is 4.79 Å². The van der Waals surface area contributed by atoms with Crippen LogP contribution in [0.25, 0.3) is 5.57 Å². The van der Waals surface area contributed by atoms with E-state index in [1.807, 2.05) is 24.3 Å². The Hall–Kier alpha value is -1.51. The maximum Gasteiger partial charge on any atom is 0.273 e. The van der Waals surface area contributed by atoms with E-state index in [-0.39, 0.29) is 5.91 Å². The number of amides is 1. The standard InChI is InChI=1S/C17H16ClN3OS3/c1-4-12(9-10(2)18)17-20-11(3)15(23-17)16(22)21-25-14-8-6-5-7-13(14)24-19/h4-9H,1-2,19H2,3H3,(H,21,22)/b12-9+. The summed E-state index contributed by atoms with van der Waals surface area (Å²) in [4.78, 5) is 19.2. The predicted molar refractivity (Wildman–Crippen MR) is 110 cm³/mol. The molecule has 1 aromatic carbocycles. The van der Waals surface area contributed by atoms with Gasteiger partial charge < -0.3 is 0 Å². The van der Waals surface area contributed by atoms with E-state index in [2.05, 4.69) is 22.9 Å². The van der Waals surface area contributed by atoms with Gasteiger partial charge in [-0.2, -0.15) is 0 Å². The van der Waals surface area contributed by atoms with E-state index in [0.29, 0.717) is 20.6 Å². The summed E-state index contributed by atoms with van der Waals surface area (Å²) in [5.41, 5.74) is 1.37. The SMILES string of the molecule is C=C/C(=C\C(=C)Cl)c1nc(C)c(C(=O)NSc2ccccc2SN)s1. The predicted octanol–water partition coefficient (Wildman–Crippen LogP) is 5.18. The molecule has 0 fully saturated rings. The summed E-state index contributed by atoms with van der Waals surface area (Å²) in [6.07, 6.45) is 3.30. The summed E-state index contributed by atoms with van der Waals surface area (Å²) in [5.74, 6) is -0.212. The van der Waals surface area contributed by atoms with Gasteiger partial charge >= 0.3 is 0 Å². The second-order valence-electron chi connectivity index (χ2n) is 4.78. The van der Waals surface area contributed by atoms with Gasteiger partial charge in [0.1, 0.15) is 9.88 Å². The van der Waals surface area contributed by atoms with Crippen molar-refractivity contribution in [2.75, 3.05) is 0 Å². The summed E-state index contributed by atoms with van der Waals surface area (Å²) < 4.78 is 2.83. The van der Waals surface area contributed by atoms with Crippen LogP contribution in [-0.2, 0) is 0 Å². The van der Waals surface area contributed by atoms with Crippen LogP contribution in [0.2, 0.25) is 0 Å². The third-order valence-corrected chi connectivity index (χ3v) is 5.93. The molecule has 4 nitrogen and oxygen atoms in total. The third-order valence-electron chi connectivity index (χ3n) is 3.01. The fraction of sp³-hybridized carbons (Fsp3) is 0.0588. The van der Waals surface area contributed by atoms with Crippen molar-refractivity contribution in [1.29, 1.82) is 0 Å². The number of hydrogen-bond donors (Lipinski definition) is 2. The van der Waals surface area contributed by atoms with E-state index >= 15 is 0 Å². The topological polar surface area (TPSA) is 68.0 Å². The van der Waals surface area contributed by atoms with Crippen molar-refractivity contribution >= 4 is 58.3 Å². The van der Waals surface area contributed by atoms with Gasteiger partial charge in [0.25, 0.3) is 5.91 Å². The van der Waals surface area contributed by atoms with E-state index < -0.39 is 0 Å². The molecule has 0 spiro atoms. The molecule has 0 unspecified atom stereocenters. The number of carbonyl (C=O) groups is 1. The molecule has 2 rings (SSSR count). The Morgan fingerprint density at radius 2 is 2.08 bits per heavy atom. The number of rotatable bonds is 7. The monoisotopic (exact) mass is 409 g/mol. The largest absolute Gasteiger partial charge is 0.291 e. The molecule has 0 atom stereocenters. The molecule has 25 heavy (non-hydrogen) atoms. The maximum absolute atomic E-state index is 12.5. The molecule has 3 N–H and O–H groups in total. The van der Waals surface area contributed by atoms with Crippen molar-refractivity contribution in [2.45, 2.75) is 16.7 Å². The maximum atomic E-state index is 12.5. The molecule has 0 radical (unpaired) electrons. The van der Waals surface area contributed by atoms with Gasteiger partial charge in [-0.25, -0.2) is 4.98 Å². The molecule has 1 aromatic heterocycles. The second-order valence-corrected chi connectivity index (χ2v) is 7.79. The molecule has 8 heteroatoms. The van der Waals surface area contributed by atoms with Gasteiger partial charge in [0.2, 0.25) is 0 Å². The molecule has 2 aromatic rings. The van der Waals surface area contributed by atoms with Crippen molar-refractivity contribution in [3.63, 3.8) is 0 Å². The number of aryl methyl sites for hydroxylation is 1. The van der Waals surface area contributed by atoms with Crippen LogP contribution >= 0.6 is 46.8 Å². The Balaban J connectivity index is 2.17. The molecule has 0 saturated heterocycles. The average Bonchev–Trinajstić information content (AvgIpc) is 2.99. The molecule has 1 amide bonds. The quantitative estimate of drug-likeness (QED) is 0.487. The first-order valence-electron chi connectivity index (χ1n) is 7.05. The summed E-state index contributed by atoms with van der Waals surface area (Å²) in [6, 6.07) is 7.59. The molecule has 0 bridgehead atoms. The van der Waals surface area contributed by atoms with Crippen LogP contribution in [-0.4, -0.2) is 10.9 Å². The van der Waals surface area contributed by atoms with Crippen molar-refractivity contribution in [2.24, 2.45) is 5.14 Å². The fourth-order valence-corrected chi connectivity index (χ4v) is 4.27. The Labute approximate surface area is 164 Å². The summed E-state index contributed by atoms with van der Waals surface area (Å²) in [5, 5.41) is 6.68. The van der Waals surface area contributed by atoms with E-state index in [0.717, 1.165) is 27.3 Å². The zero-order valence-electron chi connectivity index (χ0n) is 13.4. The van der Waals surface area contributed by atoms with Crippen LogP contribution in [0.5, 0.6) is 0 Å². The van der Waals surface area contributed by atoms with Gasteiger partial charge in [-0.05, 0) is 49.0 Å². The van der Waals surface area contributed by atoms with Gasteiger partial charge in [0.15, 0.2) is 0 Å². The minimum atomic E-state index is -0.212. The number of nitrogens with one attached hydrogen (secondary N) is 1. The smallest absolute Gasteiger partial charge is 0.273 e. The van der Waals surface area contributed by atoms with Gasteiger partial charge in [0, 0.05) is 20.4 Å². The molecule has 130 valence electrons. The Morgan fingerprint density at radius 3 is 2.68 bits per heavy atom. The zero-order chi connectivity index (χ0) is 18.4. The Kier molecular flexibility index (Phi) is 7.34. The Morgan fingerprint density at radius 1 is 1.40 bits per heavy atom. The van der Waals surface area contributed by atoms with E-state index in [4.69, 9.17) is 16.7 Å². The minimum absolute atomic E-state index is 0.212. The lowest BCUT2D eigenvalue weighted by atomic mass is 10.2. The summed E-state index contributed by atoms with van der Waals surface area (Å²) >= 11 is 9.47. The first-order chi connectivity index (χ1) is 12.0. The highest BCUT2D eigenvalue weighted by molar-refractivity contribution is 8.00. The van der Waals surface area contributed by atoms with Crippen molar-refractivity contribution in [1.82, 2.24) is 9.71 Å². The first kappa shape index (κ1) is 19.8. The molecule has 0 aliphatic carbocycles. The van der Waals surface area contributed by atoms with Crippen LogP contribution in [0.4, 0.5) is 0 Å². The number of carbonyl (C=O) groups excluding carboxylic acids is 1. The highest BCUT2D eigenvalue weighted by Crippen LogP contribution is 2.29. The number of thiazole rings is 1. The first-order valence-corrected chi connectivity index (χ1v) is 9.94. The normalized spacial score (nSPS) is 11.2. The lowest BCUT2D eigenvalue weighted by Gasteiger charge is -2.06. The second kappa shape index (κ2) is 9.26. The van der Waals surface area contributed by atoms with E-state index in [9.17, 15) is 4.79 Å². The molecular formula is C17H16ClN3OS3. The lowest BCUT2D eigenvalue weighted by molar-refractivity contribution is 0.0987. The van der Waals surface area contributed by atoms with Crippen molar-refractivity contribution in [3.8, 4) is 0 Å². The molecule has 0 aliphatic rings. The van der Waals surface area contributed by atoms with Gasteiger partial charge in [-0.15, -0.1) is 11.3 Å². The third kappa shape index (κ3) is 5.23. The number of hydrogen-bond acceptors (Lipinski definition) is 6. The van der Waals surface area contributed by atoms with Gasteiger partial charge in [-0.1, -0.05) is 43.0 Å². The molecule has 1 heterocycles. The van der Waals surface area contributed by atoms with Crippen LogP contribution in [0.15, 0.2) is 64.4 Å². The van der Waals surface area contributed by atoms with Gasteiger partial charge in [-0.3, -0.25) is 14.7 Å². The highest BCUT2D eigenvalue weighted by Gasteiger charge is 2.17. The fourth-order valence-electron chi connectivity index (χ4n) is 1.89. The van der Waals surface area contributed by atoms with E-state index in [1.54, 1.807) is 19.1 Å². The number of benzene rings is 1. The number of nitrogens with two attached hydrogens (primary N) is 1. The molecular weight excluding hydrogens is 394 g/mol. The van der Waals surface area contributed by atoms with Gasteiger partial charge in [0.05, 0.1) is 5.69 Å².